The first-order valence-corrected chi connectivity index (χ1v) is 12.2. The van der Waals surface area contributed by atoms with Gasteiger partial charge in [-0.3, -0.25) is 4.79 Å². The average molecular weight is 466 g/mol. The number of piperidine rings is 1. The summed E-state index contributed by atoms with van der Waals surface area (Å²) in [6, 6.07) is 11.6. The number of sulfone groups is 1. The molecule has 0 spiro atoms. The van der Waals surface area contributed by atoms with Gasteiger partial charge >= 0.3 is 0 Å². The lowest BCUT2D eigenvalue weighted by molar-refractivity contribution is 0.0934. The molecule has 0 unspecified atom stereocenters. The fraction of sp³-hybridized carbons (Fsp3) is 0.409. The summed E-state index contributed by atoms with van der Waals surface area (Å²) in [5.41, 5.74) is 6.48. The second-order valence-electron chi connectivity index (χ2n) is 7.70. The molecule has 1 aliphatic rings. The van der Waals surface area contributed by atoms with Gasteiger partial charge in [0.2, 0.25) is 0 Å². The number of rotatable bonds is 8. The van der Waals surface area contributed by atoms with Crippen molar-refractivity contribution in [1.82, 2.24) is 10.2 Å². The SMILES string of the molecule is COc1cc(N)c(Cl)cc1C(=O)NCC1CCN(CCS(=O)(=O)c2ccccc2)CC1. The molecule has 1 aliphatic heterocycles. The highest BCUT2D eigenvalue weighted by Gasteiger charge is 2.23. The molecule has 7 nitrogen and oxygen atoms in total. The van der Waals surface area contributed by atoms with E-state index in [4.69, 9.17) is 22.1 Å². The van der Waals surface area contributed by atoms with Crippen LogP contribution in [0.15, 0.2) is 47.4 Å². The number of nitrogen functional groups attached to an aromatic ring is 1. The Hall–Kier alpha value is -2.29. The molecule has 9 heteroatoms. The van der Waals surface area contributed by atoms with Gasteiger partial charge in [0.1, 0.15) is 5.75 Å². The third kappa shape index (κ3) is 6.12. The fourth-order valence-corrected chi connectivity index (χ4v) is 5.13. The summed E-state index contributed by atoms with van der Waals surface area (Å²) in [7, 11) is -1.79. The number of benzene rings is 2. The number of carbonyl (C=O) groups is 1. The molecule has 3 N–H and O–H groups in total. The maximum atomic E-state index is 12.6. The molecule has 0 radical (unpaired) electrons. The van der Waals surface area contributed by atoms with Crippen LogP contribution in [0.3, 0.4) is 0 Å². The van der Waals surface area contributed by atoms with Crippen molar-refractivity contribution >= 4 is 33.0 Å². The van der Waals surface area contributed by atoms with E-state index in [0.29, 0.717) is 45.9 Å². The summed E-state index contributed by atoms with van der Waals surface area (Å²) in [6.07, 6.45) is 1.79. The predicted octanol–water partition coefficient (Wildman–Crippen LogP) is 2.85. The van der Waals surface area contributed by atoms with E-state index in [0.717, 1.165) is 25.9 Å². The predicted molar refractivity (Wildman–Crippen MR) is 122 cm³/mol. The van der Waals surface area contributed by atoms with E-state index in [2.05, 4.69) is 10.2 Å². The lowest BCUT2D eigenvalue weighted by Gasteiger charge is -2.31. The van der Waals surface area contributed by atoms with Gasteiger partial charge in [0.25, 0.3) is 5.91 Å². The second-order valence-corrected chi connectivity index (χ2v) is 10.2. The van der Waals surface area contributed by atoms with Crippen molar-refractivity contribution in [2.75, 3.05) is 44.8 Å². The minimum atomic E-state index is -3.27. The van der Waals surface area contributed by atoms with Gasteiger partial charge in [-0.2, -0.15) is 0 Å². The van der Waals surface area contributed by atoms with Crippen molar-refractivity contribution in [2.45, 2.75) is 17.7 Å². The molecule has 0 saturated carbocycles. The van der Waals surface area contributed by atoms with E-state index in [1.54, 1.807) is 36.4 Å². The van der Waals surface area contributed by atoms with Crippen LogP contribution in [0.4, 0.5) is 5.69 Å². The van der Waals surface area contributed by atoms with Gasteiger partial charge in [0.15, 0.2) is 9.84 Å². The molecule has 0 bridgehead atoms. The quantitative estimate of drug-likeness (QED) is 0.581. The molecule has 168 valence electrons. The highest BCUT2D eigenvalue weighted by Crippen LogP contribution is 2.29. The van der Waals surface area contributed by atoms with E-state index in [-0.39, 0.29) is 11.7 Å². The van der Waals surface area contributed by atoms with Crippen molar-refractivity contribution in [1.29, 1.82) is 0 Å². The molecule has 1 fully saturated rings. The molecule has 1 heterocycles. The number of amides is 1. The Morgan fingerprint density at radius 2 is 1.90 bits per heavy atom. The van der Waals surface area contributed by atoms with Gasteiger partial charge < -0.3 is 20.7 Å². The zero-order chi connectivity index (χ0) is 22.4. The first-order valence-electron chi connectivity index (χ1n) is 10.2. The van der Waals surface area contributed by atoms with Crippen LogP contribution in [0.5, 0.6) is 5.75 Å². The Labute approximate surface area is 188 Å². The number of carbonyl (C=O) groups excluding carboxylic acids is 1. The third-order valence-electron chi connectivity index (χ3n) is 5.60. The van der Waals surface area contributed by atoms with Crippen molar-refractivity contribution in [3.8, 4) is 5.75 Å². The summed E-state index contributed by atoms with van der Waals surface area (Å²) >= 11 is 6.04. The van der Waals surface area contributed by atoms with Crippen molar-refractivity contribution in [2.24, 2.45) is 5.92 Å². The Kier molecular flexibility index (Phi) is 7.80. The number of halogens is 1. The van der Waals surface area contributed by atoms with Crippen LogP contribution in [0.25, 0.3) is 0 Å². The van der Waals surface area contributed by atoms with E-state index < -0.39 is 9.84 Å². The molecule has 1 amide bonds. The highest BCUT2D eigenvalue weighted by molar-refractivity contribution is 7.91. The molecule has 2 aromatic rings. The lowest BCUT2D eigenvalue weighted by atomic mass is 9.96. The molecule has 1 saturated heterocycles. The van der Waals surface area contributed by atoms with Crippen LogP contribution in [0, 0.1) is 5.92 Å². The average Bonchev–Trinajstić information content (AvgIpc) is 2.79. The largest absolute Gasteiger partial charge is 0.496 e. The highest BCUT2D eigenvalue weighted by atomic mass is 35.5. The first-order chi connectivity index (χ1) is 14.8. The molecule has 0 aliphatic carbocycles. The monoisotopic (exact) mass is 465 g/mol. The zero-order valence-electron chi connectivity index (χ0n) is 17.5. The van der Waals surface area contributed by atoms with Crippen molar-refractivity contribution in [3.63, 3.8) is 0 Å². The summed E-state index contributed by atoms with van der Waals surface area (Å²) in [5.74, 6) is 0.570. The van der Waals surface area contributed by atoms with Crippen LogP contribution in [-0.4, -0.2) is 58.3 Å². The number of nitrogens with one attached hydrogen (secondary N) is 1. The normalized spacial score (nSPS) is 15.5. The van der Waals surface area contributed by atoms with E-state index in [9.17, 15) is 13.2 Å². The molecule has 3 rings (SSSR count). The van der Waals surface area contributed by atoms with Crippen LogP contribution in [0.1, 0.15) is 23.2 Å². The molecule has 31 heavy (non-hydrogen) atoms. The summed E-state index contributed by atoms with van der Waals surface area (Å²) in [5, 5.41) is 3.26. The number of anilines is 1. The minimum absolute atomic E-state index is 0.107. The van der Waals surface area contributed by atoms with Gasteiger partial charge in [-0.05, 0) is 50.0 Å². The third-order valence-corrected chi connectivity index (χ3v) is 7.64. The van der Waals surface area contributed by atoms with Crippen LogP contribution in [0.2, 0.25) is 5.02 Å². The number of nitrogens with two attached hydrogens (primary N) is 1. The van der Waals surface area contributed by atoms with Gasteiger partial charge in [-0.1, -0.05) is 29.8 Å². The number of nitrogens with zero attached hydrogens (tertiary/aromatic N) is 1. The van der Waals surface area contributed by atoms with Crippen molar-refractivity contribution in [3.05, 3.63) is 53.1 Å². The van der Waals surface area contributed by atoms with E-state index >= 15 is 0 Å². The number of likely N-dealkylation sites (tertiary alicyclic amines) is 1. The van der Waals surface area contributed by atoms with Gasteiger partial charge in [-0.25, -0.2) is 8.42 Å². The van der Waals surface area contributed by atoms with E-state index in [1.807, 2.05) is 0 Å². The van der Waals surface area contributed by atoms with Crippen LogP contribution in [-0.2, 0) is 9.84 Å². The molecule has 2 aromatic carbocycles. The Morgan fingerprint density at radius 3 is 2.55 bits per heavy atom. The number of methoxy groups -OCH3 is 1. The number of ether oxygens (including phenoxy) is 1. The van der Waals surface area contributed by atoms with Gasteiger partial charge in [-0.15, -0.1) is 0 Å². The summed E-state index contributed by atoms with van der Waals surface area (Å²) in [6.45, 7) is 2.67. The maximum absolute atomic E-state index is 12.6. The zero-order valence-corrected chi connectivity index (χ0v) is 19.1. The smallest absolute Gasteiger partial charge is 0.255 e. The Morgan fingerprint density at radius 1 is 1.23 bits per heavy atom. The molecular weight excluding hydrogens is 438 g/mol. The fourth-order valence-electron chi connectivity index (χ4n) is 3.66. The minimum Gasteiger partial charge on any atom is -0.496 e. The number of hydrogen-bond donors (Lipinski definition) is 2. The summed E-state index contributed by atoms with van der Waals surface area (Å²) < 4.78 is 30.1. The van der Waals surface area contributed by atoms with Gasteiger partial charge in [0.05, 0.1) is 34.0 Å². The second kappa shape index (κ2) is 10.3. The van der Waals surface area contributed by atoms with Gasteiger partial charge in [0, 0.05) is 19.2 Å². The first kappa shape index (κ1) is 23.4. The summed E-state index contributed by atoms with van der Waals surface area (Å²) in [4.78, 5) is 15.1. The lowest BCUT2D eigenvalue weighted by Crippen LogP contribution is -2.40. The molecular formula is C22H28ClN3O4S. The van der Waals surface area contributed by atoms with E-state index in [1.165, 1.54) is 13.2 Å². The number of hydrogen-bond acceptors (Lipinski definition) is 6. The Balaban J connectivity index is 1.45. The standard InChI is InChI=1S/C22H28ClN3O4S/c1-30-21-14-20(24)19(23)13-18(21)22(27)25-15-16-7-9-26(10-8-16)11-12-31(28,29)17-5-3-2-4-6-17/h2-6,13-14,16H,7-12,15,24H2,1H3,(H,25,27). The molecule has 0 aromatic heterocycles. The topological polar surface area (TPSA) is 102 Å². The van der Waals surface area contributed by atoms with Crippen LogP contribution >= 0.6 is 11.6 Å². The van der Waals surface area contributed by atoms with Crippen LogP contribution < -0.4 is 15.8 Å². The maximum Gasteiger partial charge on any atom is 0.255 e. The van der Waals surface area contributed by atoms with Crippen molar-refractivity contribution < 1.29 is 17.9 Å². The molecule has 0 atom stereocenters. The Bertz CT molecular complexity index is 1010.